The second-order valence-corrected chi connectivity index (χ2v) is 7.20. The first-order valence-corrected chi connectivity index (χ1v) is 7.38. The Balaban J connectivity index is 2.13. The van der Waals surface area contributed by atoms with Gasteiger partial charge in [-0.2, -0.15) is 0 Å². The van der Waals surface area contributed by atoms with Crippen LogP contribution in [0.2, 0.25) is 5.02 Å². The smallest absolute Gasteiger partial charge is 0.142 e. The van der Waals surface area contributed by atoms with E-state index in [1.165, 1.54) is 12.8 Å². The van der Waals surface area contributed by atoms with Crippen LogP contribution in [-0.2, 0) is 6.42 Å². The molecule has 0 bridgehead atoms. The molecule has 0 aliphatic heterocycles. The summed E-state index contributed by atoms with van der Waals surface area (Å²) in [5.41, 5.74) is 7.58. The van der Waals surface area contributed by atoms with E-state index in [-0.39, 0.29) is 16.3 Å². The number of hydrogen-bond acceptors (Lipinski definition) is 1. The van der Waals surface area contributed by atoms with Crippen LogP contribution in [0.25, 0.3) is 0 Å². The molecule has 106 valence electrons. The van der Waals surface area contributed by atoms with Crippen molar-refractivity contribution in [2.45, 2.75) is 46.0 Å². The molecule has 2 N–H and O–H groups in total. The highest BCUT2D eigenvalue weighted by Gasteiger charge is 2.37. The Kier molecular flexibility index (Phi) is 4.22. The Bertz CT molecular complexity index is 446. The third kappa shape index (κ3) is 3.49. The Hall–Kier alpha value is -0.600. The number of benzene rings is 1. The minimum atomic E-state index is -0.331. The van der Waals surface area contributed by atoms with Crippen LogP contribution >= 0.6 is 11.6 Å². The van der Waals surface area contributed by atoms with Crippen molar-refractivity contribution in [2.75, 3.05) is 6.54 Å². The van der Waals surface area contributed by atoms with Crippen molar-refractivity contribution < 1.29 is 4.39 Å². The van der Waals surface area contributed by atoms with Gasteiger partial charge in [0.05, 0.1) is 5.02 Å². The van der Waals surface area contributed by atoms with Crippen LogP contribution in [-0.4, -0.2) is 6.54 Å². The van der Waals surface area contributed by atoms with Gasteiger partial charge in [-0.3, -0.25) is 0 Å². The van der Waals surface area contributed by atoms with Gasteiger partial charge in [0.2, 0.25) is 0 Å². The van der Waals surface area contributed by atoms with Crippen molar-refractivity contribution in [2.24, 2.45) is 16.6 Å². The summed E-state index contributed by atoms with van der Waals surface area (Å²) in [4.78, 5) is 0. The van der Waals surface area contributed by atoms with Gasteiger partial charge in [0.25, 0.3) is 0 Å². The standard InChI is InChI=1S/C16H23ClFN/c1-15(2)5-7-16(11-19,8-6-15)10-12-3-4-13(17)14(18)9-12/h3-4,9H,5-8,10-11,19H2,1-2H3. The van der Waals surface area contributed by atoms with Gasteiger partial charge in [-0.05, 0) is 67.2 Å². The van der Waals surface area contributed by atoms with Gasteiger partial charge in [-0.1, -0.05) is 31.5 Å². The number of hydrogen-bond donors (Lipinski definition) is 1. The lowest BCUT2D eigenvalue weighted by molar-refractivity contribution is 0.108. The van der Waals surface area contributed by atoms with Crippen molar-refractivity contribution >= 4 is 11.6 Å². The van der Waals surface area contributed by atoms with Crippen LogP contribution < -0.4 is 5.73 Å². The summed E-state index contributed by atoms with van der Waals surface area (Å²) in [6, 6.07) is 5.12. The molecule has 1 aromatic rings. The van der Waals surface area contributed by atoms with Crippen LogP contribution in [0.3, 0.4) is 0 Å². The molecule has 2 rings (SSSR count). The lowest BCUT2D eigenvalue weighted by Gasteiger charge is -2.43. The molecule has 1 aliphatic carbocycles. The zero-order valence-corrected chi connectivity index (χ0v) is 12.6. The summed E-state index contributed by atoms with van der Waals surface area (Å²) in [5, 5.41) is 0.190. The Labute approximate surface area is 120 Å². The van der Waals surface area contributed by atoms with Crippen LogP contribution in [0.4, 0.5) is 4.39 Å². The first kappa shape index (κ1) is 14.8. The summed E-state index contributed by atoms with van der Waals surface area (Å²) in [6.45, 7) is 5.30. The maximum atomic E-state index is 13.5. The Morgan fingerprint density at radius 1 is 1.21 bits per heavy atom. The molecule has 0 unspecified atom stereocenters. The monoisotopic (exact) mass is 283 g/mol. The first-order chi connectivity index (χ1) is 8.86. The van der Waals surface area contributed by atoms with Crippen molar-refractivity contribution in [3.8, 4) is 0 Å². The molecule has 1 nitrogen and oxygen atoms in total. The third-order valence-electron chi connectivity index (χ3n) is 4.66. The van der Waals surface area contributed by atoms with E-state index in [4.69, 9.17) is 17.3 Å². The van der Waals surface area contributed by atoms with Gasteiger partial charge in [0.1, 0.15) is 5.82 Å². The molecule has 1 aliphatic rings. The van der Waals surface area contributed by atoms with E-state index in [1.807, 2.05) is 6.07 Å². The van der Waals surface area contributed by atoms with Gasteiger partial charge in [-0.15, -0.1) is 0 Å². The number of halogens is 2. The normalized spacial score (nSPS) is 21.3. The van der Waals surface area contributed by atoms with Gasteiger partial charge in [-0.25, -0.2) is 4.39 Å². The van der Waals surface area contributed by atoms with Crippen LogP contribution in [0.5, 0.6) is 0 Å². The quantitative estimate of drug-likeness (QED) is 0.864. The zero-order valence-electron chi connectivity index (χ0n) is 11.8. The summed E-state index contributed by atoms with van der Waals surface area (Å²) < 4.78 is 13.5. The van der Waals surface area contributed by atoms with E-state index in [0.29, 0.717) is 12.0 Å². The molecule has 1 aromatic carbocycles. The fourth-order valence-electron chi connectivity index (χ4n) is 2.99. The second-order valence-electron chi connectivity index (χ2n) is 6.79. The summed E-state index contributed by atoms with van der Waals surface area (Å²) >= 11 is 5.73. The molecular formula is C16H23ClFN. The maximum absolute atomic E-state index is 13.5. The molecule has 0 aromatic heterocycles. The summed E-state index contributed by atoms with van der Waals surface area (Å²) in [6.07, 6.45) is 5.50. The molecule has 0 saturated heterocycles. The lowest BCUT2D eigenvalue weighted by Crippen LogP contribution is -2.38. The molecule has 1 fully saturated rings. The highest BCUT2D eigenvalue weighted by atomic mass is 35.5. The van der Waals surface area contributed by atoms with E-state index >= 15 is 0 Å². The predicted molar refractivity (Wildman–Crippen MR) is 78.9 cm³/mol. The average molecular weight is 284 g/mol. The van der Waals surface area contributed by atoms with Gasteiger partial charge < -0.3 is 5.73 Å². The first-order valence-electron chi connectivity index (χ1n) is 7.00. The second kappa shape index (κ2) is 5.41. The SMILES string of the molecule is CC1(C)CCC(CN)(Cc2ccc(Cl)c(F)c2)CC1. The van der Waals surface area contributed by atoms with Gasteiger partial charge in [0.15, 0.2) is 0 Å². The zero-order chi connectivity index (χ0) is 14.1. The summed E-state index contributed by atoms with van der Waals surface area (Å²) in [7, 11) is 0. The van der Waals surface area contributed by atoms with Crippen molar-refractivity contribution in [3.05, 3.63) is 34.6 Å². The molecule has 0 atom stereocenters. The molecule has 1 saturated carbocycles. The topological polar surface area (TPSA) is 26.0 Å². The molecule has 3 heteroatoms. The predicted octanol–water partition coefficient (Wildman–Crippen LogP) is 4.57. The molecule has 0 amide bonds. The molecular weight excluding hydrogens is 261 g/mol. The lowest BCUT2D eigenvalue weighted by atomic mass is 9.63. The fraction of sp³-hybridized carbons (Fsp3) is 0.625. The fourth-order valence-corrected chi connectivity index (χ4v) is 3.11. The van der Waals surface area contributed by atoms with E-state index < -0.39 is 0 Å². The molecule has 19 heavy (non-hydrogen) atoms. The van der Waals surface area contributed by atoms with Crippen molar-refractivity contribution in [3.63, 3.8) is 0 Å². The Morgan fingerprint density at radius 2 is 1.84 bits per heavy atom. The number of rotatable bonds is 3. The average Bonchev–Trinajstić information content (AvgIpc) is 2.37. The largest absolute Gasteiger partial charge is 0.330 e. The molecule has 0 heterocycles. The third-order valence-corrected chi connectivity index (χ3v) is 4.97. The highest BCUT2D eigenvalue weighted by Crippen LogP contribution is 2.46. The number of nitrogens with two attached hydrogens (primary N) is 1. The molecule has 0 radical (unpaired) electrons. The van der Waals surface area contributed by atoms with Crippen LogP contribution in [0, 0.1) is 16.6 Å². The minimum absolute atomic E-state index is 0.135. The minimum Gasteiger partial charge on any atom is -0.330 e. The maximum Gasteiger partial charge on any atom is 0.142 e. The Morgan fingerprint density at radius 3 is 2.37 bits per heavy atom. The van der Waals surface area contributed by atoms with Crippen LogP contribution in [0.15, 0.2) is 18.2 Å². The van der Waals surface area contributed by atoms with E-state index in [9.17, 15) is 4.39 Å². The van der Waals surface area contributed by atoms with E-state index in [2.05, 4.69) is 13.8 Å². The van der Waals surface area contributed by atoms with Gasteiger partial charge in [0, 0.05) is 0 Å². The molecule has 0 spiro atoms. The van der Waals surface area contributed by atoms with E-state index in [0.717, 1.165) is 24.8 Å². The van der Waals surface area contributed by atoms with Gasteiger partial charge >= 0.3 is 0 Å². The van der Waals surface area contributed by atoms with Crippen LogP contribution in [0.1, 0.15) is 45.1 Å². The van der Waals surface area contributed by atoms with E-state index in [1.54, 1.807) is 12.1 Å². The summed E-state index contributed by atoms with van der Waals surface area (Å²) in [5.74, 6) is -0.331. The highest BCUT2D eigenvalue weighted by molar-refractivity contribution is 6.30. The van der Waals surface area contributed by atoms with Crippen molar-refractivity contribution in [1.82, 2.24) is 0 Å². The van der Waals surface area contributed by atoms with Crippen molar-refractivity contribution in [1.29, 1.82) is 0 Å².